The van der Waals surface area contributed by atoms with Crippen LogP contribution in [0.25, 0.3) is 0 Å². The van der Waals surface area contributed by atoms with Crippen LogP contribution in [-0.2, 0) is 11.3 Å². The summed E-state index contributed by atoms with van der Waals surface area (Å²) in [6.45, 7) is 6.62. The minimum atomic E-state index is 0.519. The smallest absolute Gasteiger partial charge is 0.0736 e. The molecule has 0 radical (unpaired) electrons. The summed E-state index contributed by atoms with van der Waals surface area (Å²) in [6, 6.07) is 3.96. The normalized spacial score (nSPS) is 10.2. The Hall–Kier alpha value is -0.310. The monoisotopic (exact) mass is 274 g/mol. The quantitative estimate of drug-likeness (QED) is 0.593. The van der Waals surface area contributed by atoms with Gasteiger partial charge in [-0.25, -0.2) is 0 Å². The summed E-state index contributed by atoms with van der Waals surface area (Å²) in [5.41, 5.74) is 2.05. The first-order valence-electron chi connectivity index (χ1n) is 4.28. The molecule has 0 spiro atoms. The van der Waals surface area contributed by atoms with Crippen LogP contribution in [0.3, 0.4) is 0 Å². The molecule has 1 rings (SSSR count). The SMILES string of the molecule is C=CCOCc1cc(Br)cc(C)c1Cl. The molecule has 0 saturated carbocycles. The average molecular weight is 276 g/mol. The van der Waals surface area contributed by atoms with Crippen LogP contribution in [0.15, 0.2) is 29.3 Å². The van der Waals surface area contributed by atoms with E-state index in [1.54, 1.807) is 6.08 Å². The number of aryl methyl sites for hydroxylation is 1. The summed E-state index contributed by atoms with van der Waals surface area (Å²) < 4.78 is 6.36. The van der Waals surface area contributed by atoms with Gasteiger partial charge < -0.3 is 4.74 Å². The lowest BCUT2D eigenvalue weighted by atomic mass is 10.1. The Morgan fingerprint density at radius 1 is 1.57 bits per heavy atom. The van der Waals surface area contributed by atoms with Crippen LogP contribution in [0.5, 0.6) is 0 Å². The maximum Gasteiger partial charge on any atom is 0.0736 e. The highest BCUT2D eigenvalue weighted by molar-refractivity contribution is 9.10. The van der Waals surface area contributed by atoms with E-state index in [1.807, 2.05) is 19.1 Å². The molecule has 14 heavy (non-hydrogen) atoms. The van der Waals surface area contributed by atoms with Gasteiger partial charge in [0.15, 0.2) is 0 Å². The molecular weight excluding hydrogens is 263 g/mol. The van der Waals surface area contributed by atoms with E-state index in [0.717, 1.165) is 20.6 Å². The minimum Gasteiger partial charge on any atom is -0.373 e. The molecule has 0 aromatic heterocycles. The van der Waals surface area contributed by atoms with E-state index >= 15 is 0 Å². The summed E-state index contributed by atoms with van der Waals surface area (Å²) in [4.78, 5) is 0. The Kier molecular flexibility index (Phi) is 4.66. The average Bonchev–Trinajstić information content (AvgIpc) is 2.13. The molecule has 1 aromatic rings. The van der Waals surface area contributed by atoms with Gasteiger partial charge >= 0.3 is 0 Å². The fraction of sp³-hybridized carbons (Fsp3) is 0.273. The summed E-state index contributed by atoms with van der Waals surface area (Å²) in [5, 5.41) is 0.775. The van der Waals surface area contributed by atoms with Gasteiger partial charge in [-0.2, -0.15) is 0 Å². The largest absolute Gasteiger partial charge is 0.373 e. The zero-order valence-corrected chi connectivity index (χ0v) is 10.4. The molecular formula is C11H12BrClO. The van der Waals surface area contributed by atoms with Gasteiger partial charge in [0.1, 0.15) is 0 Å². The summed E-state index contributed by atoms with van der Waals surface area (Å²) in [7, 11) is 0. The third kappa shape index (κ3) is 3.12. The first-order valence-corrected chi connectivity index (χ1v) is 5.45. The molecule has 0 bridgehead atoms. The van der Waals surface area contributed by atoms with Crippen molar-refractivity contribution in [2.75, 3.05) is 6.61 Å². The Labute approximate surface area is 97.9 Å². The van der Waals surface area contributed by atoms with E-state index in [9.17, 15) is 0 Å². The molecule has 0 fully saturated rings. The molecule has 1 nitrogen and oxygen atoms in total. The van der Waals surface area contributed by atoms with Crippen molar-refractivity contribution in [2.24, 2.45) is 0 Å². The first-order chi connectivity index (χ1) is 6.65. The van der Waals surface area contributed by atoms with Crippen molar-refractivity contribution in [3.63, 3.8) is 0 Å². The standard InChI is InChI=1S/C11H12BrClO/c1-3-4-14-7-9-6-10(12)5-8(2)11(9)13/h3,5-6H,1,4,7H2,2H3. The summed E-state index contributed by atoms with van der Waals surface area (Å²) in [5.74, 6) is 0. The second-order valence-corrected chi connectivity index (χ2v) is 4.29. The maximum atomic E-state index is 6.12. The molecule has 0 N–H and O–H groups in total. The summed E-state index contributed by atoms with van der Waals surface area (Å²) >= 11 is 9.54. The molecule has 3 heteroatoms. The Balaban J connectivity index is 2.79. The summed E-state index contributed by atoms with van der Waals surface area (Å²) in [6.07, 6.45) is 1.72. The number of halogens is 2. The van der Waals surface area contributed by atoms with Crippen LogP contribution >= 0.6 is 27.5 Å². The number of hydrogen-bond donors (Lipinski definition) is 0. The van der Waals surface area contributed by atoms with Crippen molar-refractivity contribution < 1.29 is 4.74 Å². The molecule has 1 aromatic carbocycles. The number of ether oxygens (including phenoxy) is 1. The van der Waals surface area contributed by atoms with Gasteiger partial charge in [0.2, 0.25) is 0 Å². The highest BCUT2D eigenvalue weighted by Gasteiger charge is 2.04. The van der Waals surface area contributed by atoms with Gasteiger partial charge in [-0.1, -0.05) is 33.6 Å². The molecule has 0 amide bonds. The Bertz CT molecular complexity index is 336. The Morgan fingerprint density at radius 3 is 2.93 bits per heavy atom. The predicted octanol–water partition coefficient (Wildman–Crippen LogP) is 4.11. The van der Waals surface area contributed by atoms with E-state index in [1.165, 1.54) is 0 Å². The molecule has 0 aliphatic rings. The number of benzene rings is 1. The topological polar surface area (TPSA) is 9.23 Å². The zero-order chi connectivity index (χ0) is 10.6. The zero-order valence-electron chi connectivity index (χ0n) is 8.02. The van der Waals surface area contributed by atoms with E-state index in [4.69, 9.17) is 16.3 Å². The van der Waals surface area contributed by atoms with Crippen LogP contribution in [0.1, 0.15) is 11.1 Å². The second-order valence-electron chi connectivity index (χ2n) is 3.00. The van der Waals surface area contributed by atoms with Crippen molar-refractivity contribution in [2.45, 2.75) is 13.5 Å². The molecule has 0 saturated heterocycles. The lowest BCUT2D eigenvalue weighted by Gasteiger charge is -2.07. The molecule has 0 aliphatic carbocycles. The van der Waals surface area contributed by atoms with Crippen molar-refractivity contribution in [1.29, 1.82) is 0 Å². The fourth-order valence-corrected chi connectivity index (χ4v) is 1.94. The van der Waals surface area contributed by atoms with E-state index in [0.29, 0.717) is 13.2 Å². The van der Waals surface area contributed by atoms with E-state index < -0.39 is 0 Å². The van der Waals surface area contributed by atoms with E-state index in [2.05, 4.69) is 22.5 Å². The van der Waals surface area contributed by atoms with E-state index in [-0.39, 0.29) is 0 Å². The lowest BCUT2D eigenvalue weighted by molar-refractivity contribution is 0.149. The van der Waals surface area contributed by atoms with Crippen LogP contribution in [0.2, 0.25) is 5.02 Å². The molecule has 0 atom stereocenters. The van der Waals surface area contributed by atoms with Crippen molar-refractivity contribution in [3.8, 4) is 0 Å². The highest BCUT2D eigenvalue weighted by atomic mass is 79.9. The van der Waals surface area contributed by atoms with Crippen molar-refractivity contribution in [1.82, 2.24) is 0 Å². The lowest BCUT2D eigenvalue weighted by Crippen LogP contribution is -1.95. The van der Waals surface area contributed by atoms with Crippen molar-refractivity contribution >= 4 is 27.5 Å². The number of rotatable bonds is 4. The molecule has 0 aliphatic heterocycles. The van der Waals surface area contributed by atoms with Gasteiger partial charge in [0, 0.05) is 9.50 Å². The fourth-order valence-electron chi connectivity index (χ4n) is 1.15. The maximum absolute atomic E-state index is 6.12. The molecule has 0 unspecified atom stereocenters. The molecule has 0 heterocycles. The highest BCUT2D eigenvalue weighted by Crippen LogP contribution is 2.25. The van der Waals surface area contributed by atoms with Gasteiger partial charge in [0.05, 0.1) is 13.2 Å². The van der Waals surface area contributed by atoms with Gasteiger partial charge in [-0.15, -0.1) is 6.58 Å². The minimum absolute atomic E-state index is 0.519. The third-order valence-corrected chi connectivity index (χ3v) is 2.79. The Morgan fingerprint density at radius 2 is 2.29 bits per heavy atom. The van der Waals surface area contributed by atoms with Gasteiger partial charge in [0.25, 0.3) is 0 Å². The molecule has 76 valence electrons. The van der Waals surface area contributed by atoms with Crippen molar-refractivity contribution in [3.05, 3.63) is 45.4 Å². The van der Waals surface area contributed by atoms with Gasteiger partial charge in [-0.05, 0) is 30.2 Å². The third-order valence-electron chi connectivity index (χ3n) is 1.79. The van der Waals surface area contributed by atoms with Crippen LogP contribution in [0.4, 0.5) is 0 Å². The number of hydrogen-bond acceptors (Lipinski definition) is 1. The first kappa shape index (κ1) is 11.8. The van der Waals surface area contributed by atoms with Crippen LogP contribution < -0.4 is 0 Å². The second kappa shape index (κ2) is 5.54. The predicted molar refractivity (Wildman–Crippen MR) is 63.7 cm³/mol. The van der Waals surface area contributed by atoms with Crippen LogP contribution in [-0.4, -0.2) is 6.61 Å². The van der Waals surface area contributed by atoms with Crippen LogP contribution in [0, 0.1) is 6.92 Å². The van der Waals surface area contributed by atoms with Gasteiger partial charge in [-0.3, -0.25) is 0 Å².